The van der Waals surface area contributed by atoms with Crippen LogP contribution in [-0.4, -0.2) is 26.1 Å². The summed E-state index contributed by atoms with van der Waals surface area (Å²) in [6.45, 7) is 9.38. The summed E-state index contributed by atoms with van der Waals surface area (Å²) in [6.07, 6.45) is 0.664. The Bertz CT molecular complexity index is 756. The lowest BCUT2D eigenvalue weighted by Crippen LogP contribution is -2.31. The SMILES string of the molecule is CCc1nc(C)c(CC(=O)NC(C)c2c(C)n[nH]c2C)c(=O)[nH]1. The number of aromatic nitrogens is 4. The first-order chi connectivity index (χ1) is 10.8. The molecular weight excluding hydrogens is 294 g/mol. The molecule has 124 valence electrons. The number of rotatable bonds is 5. The fourth-order valence-corrected chi connectivity index (χ4v) is 2.77. The zero-order valence-electron chi connectivity index (χ0n) is 14.2. The summed E-state index contributed by atoms with van der Waals surface area (Å²) in [7, 11) is 0. The molecule has 0 saturated carbocycles. The molecule has 0 aliphatic carbocycles. The number of aryl methyl sites for hydroxylation is 4. The summed E-state index contributed by atoms with van der Waals surface area (Å²) in [5.74, 6) is 0.423. The average Bonchev–Trinajstić information content (AvgIpc) is 2.81. The van der Waals surface area contributed by atoms with Crippen LogP contribution in [0, 0.1) is 20.8 Å². The first kappa shape index (κ1) is 16.9. The van der Waals surface area contributed by atoms with Gasteiger partial charge in [-0.15, -0.1) is 0 Å². The van der Waals surface area contributed by atoms with E-state index in [2.05, 4.69) is 25.5 Å². The standard InChI is InChI=1S/C16H23N5O2/c1-6-13-17-8(2)12(16(23)19-13)7-14(22)18-9(3)15-10(4)20-21-11(15)5/h9H,6-7H2,1-5H3,(H,18,22)(H,20,21)(H,17,19,23). The summed E-state index contributed by atoms with van der Waals surface area (Å²) in [6, 6.07) is -0.177. The molecule has 7 nitrogen and oxygen atoms in total. The molecule has 2 aromatic heterocycles. The zero-order chi connectivity index (χ0) is 17.1. The molecule has 1 unspecified atom stereocenters. The maximum Gasteiger partial charge on any atom is 0.254 e. The minimum atomic E-state index is -0.243. The van der Waals surface area contributed by atoms with Crippen LogP contribution in [0.2, 0.25) is 0 Å². The molecule has 2 aromatic rings. The van der Waals surface area contributed by atoms with Crippen molar-refractivity contribution in [2.75, 3.05) is 0 Å². The van der Waals surface area contributed by atoms with E-state index in [4.69, 9.17) is 0 Å². The predicted molar refractivity (Wildman–Crippen MR) is 87.3 cm³/mol. The number of nitrogens with zero attached hydrogens (tertiary/aromatic N) is 2. The van der Waals surface area contributed by atoms with Crippen molar-refractivity contribution in [2.24, 2.45) is 0 Å². The van der Waals surface area contributed by atoms with Gasteiger partial charge >= 0.3 is 0 Å². The van der Waals surface area contributed by atoms with Crippen molar-refractivity contribution in [3.63, 3.8) is 0 Å². The van der Waals surface area contributed by atoms with E-state index in [1.807, 2.05) is 27.7 Å². The molecule has 2 rings (SSSR count). The van der Waals surface area contributed by atoms with Crippen LogP contribution >= 0.6 is 0 Å². The number of aromatic amines is 2. The minimum Gasteiger partial charge on any atom is -0.349 e. The Morgan fingerprint density at radius 2 is 1.96 bits per heavy atom. The molecular formula is C16H23N5O2. The Labute approximate surface area is 134 Å². The van der Waals surface area contributed by atoms with E-state index in [0.29, 0.717) is 23.5 Å². The number of carbonyl (C=O) groups excluding carboxylic acids is 1. The highest BCUT2D eigenvalue weighted by Crippen LogP contribution is 2.18. The van der Waals surface area contributed by atoms with E-state index < -0.39 is 0 Å². The van der Waals surface area contributed by atoms with Gasteiger partial charge in [-0.1, -0.05) is 6.92 Å². The molecule has 0 aromatic carbocycles. The van der Waals surface area contributed by atoms with Gasteiger partial charge in [-0.05, 0) is 27.7 Å². The number of amides is 1. The van der Waals surface area contributed by atoms with Crippen molar-refractivity contribution in [3.8, 4) is 0 Å². The summed E-state index contributed by atoms with van der Waals surface area (Å²) < 4.78 is 0. The van der Waals surface area contributed by atoms with Crippen LogP contribution < -0.4 is 10.9 Å². The maximum atomic E-state index is 12.3. The fraction of sp³-hybridized carbons (Fsp3) is 0.500. The summed E-state index contributed by atoms with van der Waals surface area (Å²) in [5, 5.41) is 9.96. The van der Waals surface area contributed by atoms with Crippen LogP contribution in [-0.2, 0) is 17.6 Å². The first-order valence-electron chi connectivity index (χ1n) is 7.73. The van der Waals surface area contributed by atoms with Crippen LogP contribution in [0.25, 0.3) is 0 Å². The van der Waals surface area contributed by atoms with Gasteiger partial charge in [0, 0.05) is 28.9 Å². The van der Waals surface area contributed by atoms with Gasteiger partial charge in [0.25, 0.3) is 5.56 Å². The van der Waals surface area contributed by atoms with Gasteiger partial charge in [-0.2, -0.15) is 5.10 Å². The Morgan fingerprint density at radius 3 is 2.48 bits per heavy atom. The van der Waals surface area contributed by atoms with Crippen LogP contribution in [0.1, 0.15) is 53.9 Å². The Morgan fingerprint density at radius 1 is 1.26 bits per heavy atom. The molecule has 0 radical (unpaired) electrons. The number of nitrogens with one attached hydrogen (secondary N) is 3. The highest BCUT2D eigenvalue weighted by molar-refractivity contribution is 5.79. The Kier molecular flexibility index (Phi) is 4.98. The summed E-state index contributed by atoms with van der Waals surface area (Å²) in [5.41, 5.74) is 3.53. The zero-order valence-corrected chi connectivity index (χ0v) is 14.2. The molecule has 2 heterocycles. The van der Waals surface area contributed by atoms with Gasteiger partial charge in [0.2, 0.25) is 5.91 Å². The third kappa shape index (κ3) is 3.67. The number of H-pyrrole nitrogens is 2. The normalized spacial score (nSPS) is 12.2. The van der Waals surface area contributed by atoms with Gasteiger partial charge in [-0.25, -0.2) is 4.98 Å². The van der Waals surface area contributed by atoms with Gasteiger partial charge in [-0.3, -0.25) is 14.7 Å². The largest absolute Gasteiger partial charge is 0.349 e. The molecule has 7 heteroatoms. The molecule has 0 spiro atoms. The van der Waals surface area contributed by atoms with E-state index >= 15 is 0 Å². The van der Waals surface area contributed by atoms with E-state index in [-0.39, 0.29) is 23.9 Å². The van der Waals surface area contributed by atoms with Crippen molar-refractivity contribution in [3.05, 3.63) is 44.4 Å². The molecule has 0 aliphatic rings. The molecule has 0 saturated heterocycles. The van der Waals surface area contributed by atoms with Crippen molar-refractivity contribution in [2.45, 2.75) is 53.5 Å². The summed E-state index contributed by atoms with van der Waals surface area (Å²) in [4.78, 5) is 31.4. The lowest BCUT2D eigenvalue weighted by atomic mass is 10.1. The van der Waals surface area contributed by atoms with Crippen molar-refractivity contribution >= 4 is 5.91 Å². The average molecular weight is 317 g/mol. The van der Waals surface area contributed by atoms with Crippen molar-refractivity contribution in [1.29, 1.82) is 0 Å². The van der Waals surface area contributed by atoms with Gasteiger partial charge in [0.05, 0.1) is 18.2 Å². The molecule has 1 atom stereocenters. The lowest BCUT2D eigenvalue weighted by molar-refractivity contribution is -0.121. The Balaban J connectivity index is 2.13. The van der Waals surface area contributed by atoms with Crippen LogP contribution in [0.5, 0.6) is 0 Å². The second-order valence-electron chi connectivity index (χ2n) is 5.74. The van der Waals surface area contributed by atoms with Crippen LogP contribution in [0.4, 0.5) is 0 Å². The molecule has 3 N–H and O–H groups in total. The van der Waals surface area contributed by atoms with Crippen molar-refractivity contribution < 1.29 is 4.79 Å². The lowest BCUT2D eigenvalue weighted by Gasteiger charge is -2.15. The number of hydrogen-bond acceptors (Lipinski definition) is 4. The molecule has 1 amide bonds. The van der Waals surface area contributed by atoms with E-state index in [1.54, 1.807) is 6.92 Å². The van der Waals surface area contributed by atoms with E-state index in [0.717, 1.165) is 17.0 Å². The number of carbonyl (C=O) groups is 1. The third-order valence-corrected chi connectivity index (χ3v) is 3.94. The number of hydrogen-bond donors (Lipinski definition) is 3. The first-order valence-corrected chi connectivity index (χ1v) is 7.73. The van der Waals surface area contributed by atoms with Crippen molar-refractivity contribution in [1.82, 2.24) is 25.5 Å². The topological polar surface area (TPSA) is 104 Å². The van der Waals surface area contributed by atoms with E-state index in [9.17, 15) is 9.59 Å². The predicted octanol–water partition coefficient (Wildman–Crippen LogP) is 1.40. The molecule has 0 bridgehead atoms. The highest BCUT2D eigenvalue weighted by atomic mass is 16.2. The smallest absolute Gasteiger partial charge is 0.254 e. The van der Waals surface area contributed by atoms with Crippen LogP contribution in [0.15, 0.2) is 4.79 Å². The van der Waals surface area contributed by atoms with Crippen LogP contribution in [0.3, 0.4) is 0 Å². The van der Waals surface area contributed by atoms with Gasteiger partial charge in [0.1, 0.15) is 5.82 Å². The second-order valence-corrected chi connectivity index (χ2v) is 5.74. The Hall–Kier alpha value is -2.44. The van der Waals surface area contributed by atoms with Gasteiger partial charge in [0.15, 0.2) is 0 Å². The quantitative estimate of drug-likeness (QED) is 0.775. The minimum absolute atomic E-state index is 0.0123. The third-order valence-electron chi connectivity index (χ3n) is 3.94. The monoisotopic (exact) mass is 317 g/mol. The highest BCUT2D eigenvalue weighted by Gasteiger charge is 2.18. The summed E-state index contributed by atoms with van der Waals surface area (Å²) >= 11 is 0. The molecule has 0 aliphatic heterocycles. The van der Waals surface area contributed by atoms with Gasteiger partial charge < -0.3 is 10.3 Å². The molecule has 23 heavy (non-hydrogen) atoms. The maximum absolute atomic E-state index is 12.3. The molecule has 0 fully saturated rings. The second kappa shape index (κ2) is 6.76. The van der Waals surface area contributed by atoms with E-state index in [1.165, 1.54) is 0 Å². The fourth-order valence-electron chi connectivity index (χ4n) is 2.77.